The lowest BCUT2D eigenvalue weighted by Crippen LogP contribution is -2.45. The summed E-state index contributed by atoms with van der Waals surface area (Å²) in [7, 11) is 0.0722. The number of nitrogens with one attached hydrogen (secondary N) is 2. The Bertz CT molecular complexity index is 1550. The Morgan fingerprint density at radius 3 is 2.77 bits per heavy atom. The lowest BCUT2D eigenvalue weighted by Gasteiger charge is -2.44. The quantitative estimate of drug-likeness (QED) is 0.425. The highest BCUT2D eigenvalue weighted by atomic mass is 35.5. The predicted molar refractivity (Wildman–Crippen MR) is 185 cm³/mol. The summed E-state index contributed by atoms with van der Waals surface area (Å²) in [4.78, 5) is 30.1. The number of allylic oxidation sites excluding steroid dienone is 1. The van der Waals surface area contributed by atoms with Crippen LogP contribution in [-0.2, 0) is 32.6 Å². The Morgan fingerprint density at radius 1 is 1.13 bits per heavy atom. The molecule has 2 aromatic rings. The fourth-order valence-corrected chi connectivity index (χ4v) is 7.70. The van der Waals surface area contributed by atoms with E-state index in [2.05, 4.69) is 14.9 Å². The van der Waals surface area contributed by atoms with Crippen LogP contribution in [0.5, 0.6) is 5.75 Å². The average Bonchev–Trinajstić information content (AvgIpc) is 3.03. The standard InChI is InChI=1S/C35H47ClN4O6S/c1-39(2)18-16-37-34(41)24-46-32-9-4-3-7-19-47(43,44)38-35(42)26-12-15-33-31(21-26)40(22-27-11-14-30(27)32)17-6-5-8-25-20-29(36)13-10-28(25)23-45-33/h4,9-10,12-13,15,20-21,27,30,32H,3,5-8,11,14,16-19,22-24H2,1-2H3,(H,37,41)(H,38,42)/b9-4+/t27?,30-,32-/m1/s1. The zero-order chi connectivity index (χ0) is 33.4. The zero-order valence-electron chi connectivity index (χ0n) is 27.4. The highest BCUT2D eigenvalue weighted by Crippen LogP contribution is 2.41. The number of aryl methyl sites for hydroxylation is 1. The predicted octanol–water partition coefficient (Wildman–Crippen LogP) is 4.56. The number of benzene rings is 2. The van der Waals surface area contributed by atoms with E-state index in [9.17, 15) is 18.0 Å². The first-order valence-corrected chi connectivity index (χ1v) is 18.6. The lowest BCUT2D eigenvalue weighted by molar-refractivity contribution is -0.129. The number of likely N-dealkylation sites (N-methyl/N-ethyl adjacent to an activating group) is 1. The summed E-state index contributed by atoms with van der Waals surface area (Å²) < 4.78 is 40.6. The molecule has 1 saturated carbocycles. The van der Waals surface area contributed by atoms with Gasteiger partial charge in [0.15, 0.2) is 0 Å². The van der Waals surface area contributed by atoms with E-state index in [0.717, 1.165) is 62.0 Å². The van der Waals surface area contributed by atoms with Crippen molar-refractivity contribution in [3.05, 3.63) is 70.3 Å². The van der Waals surface area contributed by atoms with Crippen LogP contribution in [0, 0.1) is 11.8 Å². The largest absolute Gasteiger partial charge is 0.487 e. The van der Waals surface area contributed by atoms with Crippen molar-refractivity contribution in [2.75, 3.05) is 57.5 Å². The Kier molecular flexibility index (Phi) is 12.2. The molecule has 3 atom stereocenters. The number of hydrogen-bond donors (Lipinski definition) is 2. The van der Waals surface area contributed by atoms with Gasteiger partial charge >= 0.3 is 0 Å². The van der Waals surface area contributed by atoms with Crippen LogP contribution in [0.25, 0.3) is 0 Å². The van der Waals surface area contributed by atoms with Gasteiger partial charge in [-0.15, -0.1) is 0 Å². The van der Waals surface area contributed by atoms with Crippen molar-refractivity contribution in [2.24, 2.45) is 11.8 Å². The average molecular weight is 687 g/mol. The van der Waals surface area contributed by atoms with Crippen LogP contribution in [0.4, 0.5) is 5.69 Å². The van der Waals surface area contributed by atoms with E-state index in [0.29, 0.717) is 49.2 Å². The van der Waals surface area contributed by atoms with Crippen molar-refractivity contribution in [1.82, 2.24) is 14.9 Å². The van der Waals surface area contributed by atoms with E-state index in [-0.39, 0.29) is 35.9 Å². The second kappa shape index (κ2) is 16.3. The van der Waals surface area contributed by atoms with Crippen molar-refractivity contribution >= 4 is 39.1 Å². The minimum absolute atomic E-state index is 0.0413. The number of fused-ring (bicyclic) bond motifs is 3. The second-order valence-electron chi connectivity index (χ2n) is 13.0. The molecule has 3 aliphatic rings. The fourth-order valence-electron chi connectivity index (χ4n) is 6.45. The van der Waals surface area contributed by atoms with Crippen molar-refractivity contribution < 1.29 is 27.5 Å². The van der Waals surface area contributed by atoms with Crippen LogP contribution in [0.15, 0.2) is 48.6 Å². The molecule has 2 heterocycles. The minimum atomic E-state index is -3.84. The first kappa shape index (κ1) is 35.2. The van der Waals surface area contributed by atoms with Crippen LogP contribution in [0.3, 0.4) is 0 Å². The van der Waals surface area contributed by atoms with Gasteiger partial charge in [0.2, 0.25) is 15.9 Å². The molecule has 0 aromatic heterocycles. The fraction of sp³-hybridized carbons (Fsp3) is 0.543. The van der Waals surface area contributed by atoms with E-state index in [4.69, 9.17) is 21.1 Å². The van der Waals surface area contributed by atoms with Crippen LogP contribution < -0.4 is 19.7 Å². The smallest absolute Gasteiger partial charge is 0.264 e. The maximum atomic E-state index is 13.2. The molecule has 256 valence electrons. The first-order chi connectivity index (χ1) is 22.6. The van der Waals surface area contributed by atoms with Crippen LogP contribution in [-0.4, -0.2) is 83.9 Å². The topological polar surface area (TPSA) is 117 Å². The number of hydrogen-bond acceptors (Lipinski definition) is 8. The molecule has 5 rings (SSSR count). The van der Waals surface area contributed by atoms with Gasteiger partial charge in [-0.25, -0.2) is 13.1 Å². The molecular formula is C35H47ClN4O6S. The third-order valence-electron chi connectivity index (χ3n) is 9.24. The SMILES string of the molecule is CN(C)CCNC(=O)CO[C@@H]1/C=C/CCCS(=O)(=O)NC(=O)c2ccc3c(c2)N(CCCCc2cc(Cl)ccc2CO3)CC2CC[C@H]21. The Labute approximate surface area is 283 Å². The molecule has 47 heavy (non-hydrogen) atoms. The summed E-state index contributed by atoms with van der Waals surface area (Å²) in [5.74, 6) is 0.130. The van der Waals surface area contributed by atoms with Gasteiger partial charge in [-0.3, -0.25) is 9.59 Å². The van der Waals surface area contributed by atoms with E-state index in [1.807, 2.05) is 49.3 Å². The molecule has 0 saturated heterocycles. The van der Waals surface area contributed by atoms with Crippen LogP contribution >= 0.6 is 11.6 Å². The zero-order valence-corrected chi connectivity index (χ0v) is 29.0. The highest BCUT2D eigenvalue weighted by Gasteiger charge is 2.38. The van der Waals surface area contributed by atoms with Gasteiger partial charge < -0.3 is 24.6 Å². The molecule has 1 unspecified atom stereocenters. The molecule has 1 fully saturated rings. The van der Waals surface area contributed by atoms with Gasteiger partial charge in [0.25, 0.3) is 5.91 Å². The Hall–Kier alpha value is -3.12. The van der Waals surface area contributed by atoms with Crippen molar-refractivity contribution in [1.29, 1.82) is 0 Å². The lowest BCUT2D eigenvalue weighted by atomic mass is 9.70. The molecule has 1 aliphatic carbocycles. The van der Waals surface area contributed by atoms with Gasteiger partial charge in [-0.05, 0) is 112 Å². The highest BCUT2D eigenvalue weighted by molar-refractivity contribution is 7.90. The number of rotatable bonds is 6. The molecular weight excluding hydrogens is 640 g/mol. The van der Waals surface area contributed by atoms with Gasteiger partial charge in [-0.2, -0.15) is 0 Å². The Balaban J connectivity index is 1.43. The van der Waals surface area contributed by atoms with E-state index < -0.39 is 15.9 Å². The van der Waals surface area contributed by atoms with E-state index in [1.165, 1.54) is 0 Å². The van der Waals surface area contributed by atoms with Crippen LogP contribution in [0.2, 0.25) is 5.02 Å². The first-order valence-electron chi connectivity index (χ1n) is 16.6. The number of sulfonamides is 1. The molecule has 2 aliphatic heterocycles. The van der Waals surface area contributed by atoms with Gasteiger partial charge in [0.1, 0.15) is 19.0 Å². The summed E-state index contributed by atoms with van der Waals surface area (Å²) >= 11 is 6.33. The summed E-state index contributed by atoms with van der Waals surface area (Å²) in [5, 5.41) is 3.62. The molecule has 2 aromatic carbocycles. The number of halogens is 1. The molecule has 2 N–H and O–H groups in total. The summed E-state index contributed by atoms with van der Waals surface area (Å²) in [5.41, 5.74) is 3.25. The monoisotopic (exact) mass is 686 g/mol. The number of carbonyl (C=O) groups excluding carboxylic acids is 2. The molecule has 0 spiro atoms. The molecule has 2 bridgehead atoms. The number of nitrogens with zero attached hydrogens (tertiary/aromatic N) is 2. The third-order valence-corrected chi connectivity index (χ3v) is 10.8. The summed E-state index contributed by atoms with van der Waals surface area (Å²) in [6, 6.07) is 11.0. The summed E-state index contributed by atoms with van der Waals surface area (Å²) in [6.45, 7) is 3.03. The van der Waals surface area contributed by atoms with E-state index >= 15 is 0 Å². The maximum Gasteiger partial charge on any atom is 0.264 e. The minimum Gasteiger partial charge on any atom is -0.487 e. The van der Waals surface area contributed by atoms with E-state index in [1.54, 1.807) is 18.2 Å². The van der Waals surface area contributed by atoms with Gasteiger partial charge in [0.05, 0.1) is 17.5 Å². The second-order valence-corrected chi connectivity index (χ2v) is 15.3. The number of anilines is 1. The van der Waals surface area contributed by atoms with Crippen molar-refractivity contribution in [3.8, 4) is 5.75 Å². The van der Waals surface area contributed by atoms with Crippen molar-refractivity contribution in [2.45, 2.75) is 57.7 Å². The molecule has 2 amide bonds. The Morgan fingerprint density at radius 2 is 1.98 bits per heavy atom. The maximum absolute atomic E-state index is 13.2. The number of amides is 2. The van der Waals surface area contributed by atoms with Crippen molar-refractivity contribution in [3.63, 3.8) is 0 Å². The van der Waals surface area contributed by atoms with Gasteiger partial charge in [0, 0.05) is 36.8 Å². The van der Waals surface area contributed by atoms with Gasteiger partial charge in [-0.1, -0.05) is 29.8 Å². The number of carbonyl (C=O) groups is 2. The van der Waals surface area contributed by atoms with Crippen LogP contribution in [0.1, 0.15) is 60.0 Å². The summed E-state index contributed by atoms with van der Waals surface area (Å²) in [6.07, 6.45) is 9.23. The normalized spacial score (nSPS) is 24.0. The molecule has 10 nitrogen and oxygen atoms in total. The molecule has 0 radical (unpaired) electrons. The molecule has 12 heteroatoms. The number of ether oxygens (including phenoxy) is 2. The third kappa shape index (κ3) is 9.95.